The zero-order valence-corrected chi connectivity index (χ0v) is 7.58. The van der Waals surface area contributed by atoms with Gasteiger partial charge >= 0.3 is 5.97 Å². The highest BCUT2D eigenvalue weighted by Gasteiger charge is 1.97. The van der Waals surface area contributed by atoms with E-state index in [1.54, 1.807) is 18.2 Å². The van der Waals surface area contributed by atoms with Crippen LogP contribution in [0.1, 0.15) is 6.42 Å². The first kappa shape index (κ1) is 9.80. The van der Waals surface area contributed by atoms with Crippen LogP contribution in [-0.2, 0) is 4.79 Å². The van der Waals surface area contributed by atoms with E-state index >= 15 is 0 Å². The molecule has 0 aromatic carbocycles. The molecule has 4 nitrogen and oxygen atoms in total. The van der Waals surface area contributed by atoms with E-state index in [0.29, 0.717) is 17.5 Å². The van der Waals surface area contributed by atoms with E-state index in [1.165, 1.54) is 0 Å². The van der Waals surface area contributed by atoms with E-state index in [-0.39, 0.29) is 6.42 Å². The molecular weight excluding hydrogens is 192 g/mol. The van der Waals surface area contributed by atoms with Gasteiger partial charge in [0.2, 0.25) is 0 Å². The lowest BCUT2D eigenvalue weighted by Crippen LogP contribution is -2.08. The molecule has 0 unspecified atom stereocenters. The van der Waals surface area contributed by atoms with Gasteiger partial charge in [-0.2, -0.15) is 0 Å². The van der Waals surface area contributed by atoms with Gasteiger partial charge in [-0.3, -0.25) is 4.79 Å². The molecule has 13 heavy (non-hydrogen) atoms. The third-order valence-electron chi connectivity index (χ3n) is 1.36. The third kappa shape index (κ3) is 3.75. The lowest BCUT2D eigenvalue weighted by Gasteiger charge is -2.02. The van der Waals surface area contributed by atoms with Gasteiger partial charge < -0.3 is 10.4 Å². The first-order valence-electron chi connectivity index (χ1n) is 3.77. The summed E-state index contributed by atoms with van der Waals surface area (Å²) in [5.41, 5.74) is 0. The van der Waals surface area contributed by atoms with Crippen molar-refractivity contribution < 1.29 is 9.90 Å². The maximum Gasteiger partial charge on any atom is 0.305 e. The fourth-order valence-corrected chi connectivity index (χ4v) is 0.968. The average Bonchev–Trinajstić information content (AvgIpc) is 2.03. The topological polar surface area (TPSA) is 62.2 Å². The molecule has 0 saturated heterocycles. The number of hydrogen-bond donors (Lipinski definition) is 2. The summed E-state index contributed by atoms with van der Waals surface area (Å²) in [5, 5.41) is 11.6. The van der Waals surface area contributed by atoms with E-state index < -0.39 is 5.97 Å². The Morgan fingerprint density at radius 3 is 3.00 bits per heavy atom. The van der Waals surface area contributed by atoms with Gasteiger partial charge in [-0.05, 0) is 12.1 Å². The van der Waals surface area contributed by atoms with Crippen LogP contribution in [0.3, 0.4) is 0 Å². The van der Waals surface area contributed by atoms with Gasteiger partial charge in [0.1, 0.15) is 11.0 Å². The highest BCUT2D eigenvalue weighted by atomic mass is 35.5. The van der Waals surface area contributed by atoms with Crippen LogP contribution in [0.5, 0.6) is 0 Å². The predicted molar refractivity (Wildman–Crippen MR) is 50.0 cm³/mol. The molecule has 5 heteroatoms. The van der Waals surface area contributed by atoms with Crippen LogP contribution in [0.15, 0.2) is 18.2 Å². The molecule has 0 saturated carbocycles. The summed E-state index contributed by atoms with van der Waals surface area (Å²) < 4.78 is 0. The van der Waals surface area contributed by atoms with Crippen LogP contribution in [0, 0.1) is 0 Å². The number of carboxylic acids is 1. The van der Waals surface area contributed by atoms with Crippen LogP contribution in [0.25, 0.3) is 0 Å². The highest BCUT2D eigenvalue weighted by Crippen LogP contribution is 2.08. The van der Waals surface area contributed by atoms with Crippen molar-refractivity contribution in [1.29, 1.82) is 0 Å². The monoisotopic (exact) mass is 200 g/mol. The molecule has 0 amide bonds. The van der Waals surface area contributed by atoms with Crippen molar-refractivity contribution >= 4 is 23.4 Å². The molecule has 0 spiro atoms. The first-order valence-corrected chi connectivity index (χ1v) is 4.14. The molecule has 0 aliphatic carbocycles. The number of rotatable bonds is 4. The van der Waals surface area contributed by atoms with E-state index in [2.05, 4.69) is 10.3 Å². The summed E-state index contributed by atoms with van der Waals surface area (Å²) in [7, 11) is 0. The second-order valence-electron chi connectivity index (χ2n) is 2.42. The van der Waals surface area contributed by atoms with Crippen molar-refractivity contribution in [2.45, 2.75) is 6.42 Å². The largest absolute Gasteiger partial charge is 0.481 e. The molecule has 70 valence electrons. The number of nitrogens with one attached hydrogen (secondary N) is 1. The fraction of sp³-hybridized carbons (Fsp3) is 0.250. The van der Waals surface area contributed by atoms with Crippen LogP contribution in [-0.4, -0.2) is 22.6 Å². The maximum atomic E-state index is 10.2. The van der Waals surface area contributed by atoms with E-state index in [1.807, 2.05) is 0 Å². The summed E-state index contributed by atoms with van der Waals surface area (Å²) in [4.78, 5) is 14.1. The summed E-state index contributed by atoms with van der Waals surface area (Å²) in [6.07, 6.45) is 0.0637. The van der Waals surface area contributed by atoms with Crippen LogP contribution in [0.4, 0.5) is 5.82 Å². The maximum absolute atomic E-state index is 10.2. The number of pyridine rings is 1. The number of anilines is 1. The Hall–Kier alpha value is -1.29. The van der Waals surface area contributed by atoms with Crippen LogP contribution >= 0.6 is 11.6 Å². The van der Waals surface area contributed by atoms with E-state index in [4.69, 9.17) is 16.7 Å². The quantitative estimate of drug-likeness (QED) is 0.726. The van der Waals surface area contributed by atoms with Gasteiger partial charge in [0.05, 0.1) is 6.42 Å². The highest BCUT2D eigenvalue weighted by molar-refractivity contribution is 6.29. The molecule has 0 bridgehead atoms. The summed E-state index contributed by atoms with van der Waals surface area (Å²) >= 11 is 5.62. The lowest BCUT2D eigenvalue weighted by molar-refractivity contribution is -0.136. The SMILES string of the molecule is O=C(O)CCNc1cccc(Cl)n1. The number of hydrogen-bond acceptors (Lipinski definition) is 3. The molecule has 0 atom stereocenters. The number of carbonyl (C=O) groups is 1. The Morgan fingerprint density at radius 1 is 1.62 bits per heavy atom. The third-order valence-corrected chi connectivity index (χ3v) is 1.57. The minimum absolute atomic E-state index is 0.0637. The zero-order chi connectivity index (χ0) is 9.68. The van der Waals surface area contributed by atoms with Crippen LogP contribution < -0.4 is 5.32 Å². The number of aromatic nitrogens is 1. The van der Waals surface area contributed by atoms with Crippen molar-refractivity contribution in [2.24, 2.45) is 0 Å². The second kappa shape index (κ2) is 4.67. The minimum Gasteiger partial charge on any atom is -0.481 e. The standard InChI is InChI=1S/C8H9ClN2O2/c9-6-2-1-3-7(11-6)10-5-4-8(12)13/h1-3H,4-5H2,(H,10,11)(H,12,13). The first-order chi connectivity index (χ1) is 6.18. The van der Waals surface area contributed by atoms with Gasteiger partial charge in [0.15, 0.2) is 0 Å². The Kier molecular flexibility index (Phi) is 3.52. The Labute approximate surface area is 80.6 Å². The molecule has 0 aliphatic heterocycles. The Morgan fingerprint density at radius 2 is 2.38 bits per heavy atom. The normalized spacial score (nSPS) is 9.62. The Bertz CT molecular complexity index is 304. The summed E-state index contributed by atoms with van der Waals surface area (Å²) in [5.74, 6) is -0.247. The van der Waals surface area contributed by atoms with Crippen molar-refractivity contribution in [2.75, 3.05) is 11.9 Å². The number of carboxylic acid groups (broad SMARTS) is 1. The molecule has 2 N–H and O–H groups in total. The number of halogens is 1. The van der Waals surface area contributed by atoms with E-state index in [0.717, 1.165) is 0 Å². The number of nitrogens with zero attached hydrogens (tertiary/aromatic N) is 1. The van der Waals surface area contributed by atoms with Crippen molar-refractivity contribution in [1.82, 2.24) is 4.98 Å². The van der Waals surface area contributed by atoms with Crippen LogP contribution in [0.2, 0.25) is 5.15 Å². The average molecular weight is 201 g/mol. The van der Waals surface area contributed by atoms with Gasteiger partial charge in [-0.25, -0.2) is 4.98 Å². The fourth-order valence-electron chi connectivity index (χ4n) is 0.804. The molecule has 0 radical (unpaired) electrons. The predicted octanol–water partition coefficient (Wildman–Crippen LogP) is 1.62. The zero-order valence-electron chi connectivity index (χ0n) is 6.83. The lowest BCUT2D eigenvalue weighted by atomic mass is 10.4. The second-order valence-corrected chi connectivity index (χ2v) is 2.80. The Balaban J connectivity index is 2.41. The molecule has 1 aromatic heterocycles. The molecule has 1 rings (SSSR count). The molecule has 0 aliphatic rings. The summed E-state index contributed by atoms with van der Waals surface area (Å²) in [6, 6.07) is 5.14. The van der Waals surface area contributed by atoms with Gasteiger partial charge in [0, 0.05) is 6.54 Å². The van der Waals surface area contributed by atoms with Crippen molar-refractivity contribution in [3.8, 4) is 0 Å². The molecule has 1 heterocycles. The molecular formula is C8H9ClN2O2. The molecule has 0 fully saturated rings. The summed E-state index contributed by atoms with van der Waals surface area (Å²) in [6.45, 7) is 0.350. The van der Waals surface area contributed by atoms with Crippen molar-refractivity contribution in [3.63, 3.8) is 0 Å². The minimum atomic E-state index is -0.838. The van der Waals surface area contributed by atoms with Gasteiger partial charge in [-0.1, -0.05) is 17.7 Å². The van der Waals surface area contributed by atoms with Gasteiger partial charge in [0.25, 0.3) is 0 Å². The van der Waals surface area contributed by atoms with E-state index in [9.17, 15) is 4.79 Å². The van der Waals surface area contributed by atoms with Crippen molar-refractivity contribution in [3.05, 3.63) is 23.4 Å². The molecule has 1 aromatic rings. The smallest absolute Gasteiger partial charge is 0.305 e. The van der Waals surface area contributed by atoms with Gasteiger partial charge in [-0.15, -0.1) is 0 Å². The number of aliphatic carboxylic acids is 1.